The van der Waals surface area contributed by atoms with Crippen molar-refractivity contribution in [2.75, 3.05) is 13.2 Å². The van der Waals surface area contributed by atoms with Crippen LogP contribution in [0.3, 0.4) is 0 Å². The SMILES string of the molecule is CCOC(=O)OCC1CCCC(=O)C1. The molecule has 1 aliphatic carbocycles. The number of ketones is 1. The van der Waals surface area contributed by atoms with Crippen LogP contribution in [0.1, 0.15) is 32.6 Å². The molecule has 14 heavy (non-hydrogen) atoms. The van der Waals surface area contributed by atoms with Gasteiger partial charge in [0.2, 0.25) is 0 Å². The number of hydrogen-bond acceptors (Lipinski definition) is 4. The van der Waals surface area contributed by atoms with E-state index in [1.165, 1.54) is 0 Å². The average molecular weight is 200 g/mol. The van der Waals surface area contributed by atoms with Crippen molar-refractivity contribution >= 4 is 11.9 Å². The number of rotatable bonds is 3. The fourth-order valence-corrected chi connectivity index (χ4v) is 1.60. The van der Waals surface area contributed by atoms with Crippen LogP contribution in [0.4, 0.5) is 4.79 Å². The van der Waals surface area contributed by atoms with Crippen molar-refractivity contribution < 1.29 is 19.1 Å². The van der Waals surface area contributed by atoms with Gasteiger partial charge >= 0.3 is 6.16 Å². The van der Waals surface area contributed by atoms with E-state index < -0.39 is 6.16 Å². The Bertz CT molecular complexity index is 212. The normalized spacial score (nSPS) is 21.8. The van der Waals surface area contributed by atoms with Crippen LogP contribution in [0, 0.1) is 5.92 Å². The first-order valence-corrected chi connectivity index (χ1v) is 5.03. The van der Waals surface area contributed by atoms with Crippen LogP contribution in [0.15, 0.2) is 0 Å². The quantitative estimate of drug-likeness (QED) is 0.653. The Labute approximate surface area is 83.6 Å². The van der Waals surface area contributed by atoms with Crippen molar-refractivity contribution in [2.24, 2.45) is 5.92 Å². The fraction of sp³-hybridized carbons (Fsp3) is 0.800. The van der Waals surface area contributed by atoms with Crippen LogP contribution in [0.5, 0.6) is 0 Å². The molecule has 1 aliphatic rings. The maximum absolute atomic E-state index is 11.1. The van der Waals surface area contributed by atoms with Crippen molar-refractivity contribution in [1.82, 2.24) is 0 Å². The summed E-state index contributed by atoms with van der Waals surface area (Å²) in [7, 11) is 0. The monoisotopic (exact) mass is 200 g/mol. The van der Waals surface area contributed by atoms with Gasteiger partial charge in [0, 0.05) is 18.8 Å². The molecule has 4 heteroatoms. The first-order chi connectivity index (χ1) is 6.72. The van der Waals surface area contributed by atoms with Crippen molar-refractivity contribution in [3.8, 4) is 0 Å². The molecule has 1 atom stereocenters. The van der Waals surface area contributed by atoms with Gasteiger partial charge in [-0.1, -0.05) is 0 Å². The standard InChI is InChI=1S/C10H16O4/c1-2-13-10(12)14-7-8-4-3-5-9(11)6-8/h8H,2-7H2,1H3. The lowest BCUT2D eigenvalue weighted by Crippen LogP contribution is -2.21. The molecular weight excluding hydrogens is 184 g/mol. The van der Waals surface area contributed by atoms with E-state index in [1.807, 2.05) is 0 Å². The molecule has 0 amide bonds. The second kappa shape index (κ2) is 5.62. The predicted octanol–water partition coefficient (Wildman–Crippen LogP) is 1.92. The minimum absolute atomic E-state index is 0.195. The summed E-state index contributed by atoms with van der Waals surface area (Å²) in [5, 5.41) is 0. The highest BCUT2D eigenvalue weighted by atomic mass is 16.7. The highest BCUT2D eigenvalue weighted by Crippen LogP contribution is 2.21. The fourth-order valence-electron chi connectivity index (χ4n) is 1.60. The van der Waals surface area contributed by atoms with E-state index in [0.717, 1.165) is 12.8 Å². The summed E-state index contributed by atoms with van der Waals surface area (Å²) in [5.74, 6) is 0.467. The summed E-state index contributed by atoms with van der Waals surface area (Å²) in [6.07, 6.45) is 2.46. The van der Waals surface area contributed by atoms with E-state index in [2.05, 4.69) is 4.74 Å². The second-order valence-electron chi connectivity index (χ2n) is 3.50. The molecule has 0 N–H and O–H groups in total. The Morgan fingerprint density at radius 3 is 2.93 bits per heavy atom. The number of hydrogen-bond donors (Lipinski definition) is 0. The van der Waals surface area contributed by atoms with Gasteiger partial charge < -0.3 is 9.47 Å². The number of carbonyl (C=O) groups is 2. The molecule has 0 bridgehead atoms. The summed E-state index contributed by atoms with van der Waals surface area (Å²) in [4.78, 5) is 21.9. The Balaban J connectivity index is 2.17. The predicted molar refractivity (Wildman–Crippen MR) is 49.9 cm³/mol. The van der Waals surface area contributed by atoms with E-state index in [9.17, 15) is 9.59 Å². The summed E-state index contributed by atoms with van der Waals surface area (Å²) in [6.45, 7) is 2.36. The highest BCUT2D eigenvalue weighted by molar-refractivity contribution is 5.79. The zero-order valence-electron chi connectivity index (χ0n) is 8.45. The van der Waals surface area contributed by atoms with E-state index in [1.54, 1.807) is 6.92 Å². The van der Waals surface area contributed by atoms with Crippen LogP contribution in [0.2, 0.25) is 0 Å². The maximum Gasteiger partial charge on any atom is 0.508 e. The van der Waals surface area contributed by atoms with Gasteiger partial charge in [0.15, 0.2) is 0 Å². The third-order valence-corrected chi connectivity index (χ3v) is 2.28. The molecule has 1 saturated carbocycles. The summed E-state index contributed by atoms with van der Waals surface area (Å²) < 4.78 is 9.47. The van der Waals surface area contributed by atoms with Crippen molar-refractivity contribution in [3.63, 3.8) is 0 Å². The lowest BCUT2D eigenvalue weighted by atomic mass is 9.89. The Morgan fingerprint density at radius 2 is 2.29 bits per heavy atom. The molecule has 0 aromatic carbocycles. The van der Waals surface area contributed by atoms with Crippen LogP contribution in [-0.2, 0) is 14.3 Å². The third kappa shape index (κ3) is 3.77. The van der Waals surface area contributed by atoms with Crippen molar-refractivity contribution in [3.05, 3.63) is 0 Å². The Morgan fingerprint density at radius 1 is 1.50 bits per heavy atom. The molecule has 0 aliphatic heterocycles. The zero-order valence-corrected chi connectivity index (χ0v) is 8.45. The number of Topliss-reactive ketones (excluding diaryl/α,β-unsaturated/α-hetero) is 1. The van der Waals surface area contributed by atoms with Crippen LogP contribution >= 0.6 is 0 Å². The average Bonchev–Trinajstić information content (AvgIpc) is 2.15. The van der Waals surface area contributed by atoms with Gasteiger partial charge in [-0.05, 0) is 19.8 Å². The molecular formula is C10H16O4. The molecule has 0 saturated heterocycles. The molecule has 1 fully saturated rings. The van der Waals surface area contributed by atoms with Gasteiger partial charge in [0.05, 0.1) is 13.2 Å². The van der Waals surface area contributed by atoms with Gasteiger partial charge in [-0.25, -0.2) is 4.79 Å². The first kappa shape index (κ1) is 11.0. The molecule has 0 spiro atoms. The lowest BCUT2D eigenvalue weighted by Gasteiger charge is -2.19. The molecule has 0 radical (unpaired) electrons. The maximum atomic E-state index is 11.1. The molecule has 1 unspecified atom stereocenters. The van der Waals surface area contributed by atoms with Gasteiger partial charge in [0.25, 0.3) is 0 Å². The van der Waals surface area contributed by atoms with Gasteiger partial charge in [-0.3, -0.25) is 4.79 Å². The highest BCUT2D eigenvalue weighted by Gasteiger charge is 2.20. The topological polar surface area (TPSA) is 52.6 Å². The summed E-state index contributed by atoms with van der Waals surface area (Å²) >= 11 is 0. The molecule has 1 rings (SSSR count). The van der Waals surface area contributed by atoms with Crippen molar-refractivity contribution in [1.29, 1.82) is 0 Å². The van der Waals surface area contributed by atoms with Crippen LogP contribution in [-0.4, -0.2) is 25.2 Å². The summed E-state index contributed by atoms with van der Waals surface area (Å²) in [5.41, 5.74) is 0. The minimum Gasteiger partial charge on any atom is -0.435 e. The van der Waals surface area contributed by atoms with Crippen LogP contribution < -0.4 is 0 Å². The van der Waals surface area contributed by atoms with E-state index in [-0.39, 0.29) is 11.7 Å². The Kier molecular flexibility index (Phi) is 4.43. The third-order valence-electron chi connectivity index (χ3n) is 2.28. The van der Waals surface area contributed by atoms with Gasteiger partial charge in [-0.2, -0.15) is 0 Å². The summed E-state index contributed by atoms with van der Waals surface area (Å²) in [6, 6.07) is 0. The molecule has 0 aromatic rings. The van der Waals surface area contributed by atoms with E-state index >= 15 is 0 Å². The molecule has 0 aromatic heterocycles. The minimum atomic E-state index is -0.634. The second-order valence-corrected chi connectivity index (χ2v) is 3.50. The largest absolute Gasteiger partial charge is 0.508 e. The Hall–Kier alpha value is -1.06. The molecule has 80 valence electrons. The van der Waals surface area contributed by atoms with E-state index in [0.29, 0.717) is 26.1 Å². The smallest absolute Gasteiger partial charge is 0.435 e. The lowest BCUT2D eigenvalue weighted by molar-refractivity contribution is -0.122. The first-order valence-electron chi connectivity index (χ1n) is 5.03. The zero-order chi connectivity index (χ0) is 10.4. The van der Waals surface area contributed by atoms with E-state index in [4.69, 9.17) is 4.74 Å². The molecule has 0 heterocycles. The van der Waals surface area contributed by atoms with Gasteiger partial charge in [0.1, 0.15) is 5.78 Å². The van der Waals surface area contributed by atoms with Crippen molar-refractivity contribution in [2.45, 2.75) is 32.6 Å². The van der Waals surface area contributed by atoms with Crippen LogP contribution in [0.25, 0.3) is 0 Å². The number of carbonyl (C=O) groups excluding carboxylic acids is 2. The molecule has 4 nitrogen and oxygen atoms in total. The van der Waals surface area contributed by atoms with Gasteiger partial charge in [-0.15, -0.1) is 0 Å². The number of ether oxygens (including phenoxy) is 2.